The van der Waals surface area contributed by atoms with E-state index in [1.165, 1.54) is 0 Å². The number of carboxylic acids is 1. The van der Waals surface area contributed by atoms with Gasteiger partial charge in [-0.25, -0.2) is 0 Å². The van der Waals surface area contributed by atoms with Crippen LogP contribution >= 0.6 is 0 Å². The second-order valence-corrected chi connectivity index (χ2v) is 3.50. The second-order valence-electron chi connectivity index (χ2n) is 3.50. The number of carboxylic acid groups (broad SMARTS) is 1. The molecule has 1 aliphatic heterocycles. The highest BCUT2D eigenvalue weighted by molar-refractivity contribution is 5.69. The zero-order valence-electron chi connectivity index (χ0n) is 7.68. The third kappa shape index (κ3) is 1.84. The quantitative estimate of drug-likeness (QED) is 0.699. The molecule has 4 nitrogen and oxygen atoms in total. The summed E-state index contributed by atoms with van der Waals surface area (Å²) in [4.78, 5) is 10.4. The van der Waals surface area contributed by atoms with E-state index in [1.54, 1.807) is 0 Å². The summed E-state index contributed by atoms with van der Waals surface area (Å²) in [6.07, 6.45) is 8.76. The van der Waals surface area contributed by atoms with Crippen LogP contribution < -0.4 is 5.43 Å². The minimum absolute atomic E-state index is 0.189. The molecule has 14 heavy (non-hydrogen) atoms. The van der Waals surface area contributed by atoms with Gasteiger partial charge in [-0.05, 0) is 12.0 Å². The molecule has 2 N–H and O–H groups in total. The lowest BCUT2D eigenvalue weighted by molar-refractivity contribution is -0.136. The lowest BCUT2D eigenvalue weighted by atomic mass is 9.92. The van der Waals surface area contributed by atoms with Crippen LogP contribution in [0.25, 0.3) is 0 Å². The number of hydrazone groups is 1. The Morgan fingerprint density at radius 1 is 1.64 bits per heavy atom. The molecule has 0 amide bonds. The normalized spacial score (nSPS) is 28.1. The fourth-order valence-corrected chi connectivity index (χ4v) is 1.65. The minimum atomic E-state index is -0.753. The number of rotatable bonds is 3. The summed E-state index contributed by atoms with van der Waals surface area (Å²) in [5.41, 5.74) is 4.05. The van der Waals surface area contributed by atoms with Crippen molar-refractivity contribution in [3.63, 3.8) is 0 Å². The Morgan fingerprint density at radius 2 is 2.50 bits per heavy atom. The van der Waals surface area contributed by atoms with E-state index in [0.29, 0.717) is 12.3 Å². The van der Waals surface area contributed by atoms with Crippen molar-refractivity contribution in [3.8, 4) is 0 Å². The maximum atomic E-state index is 10.4. The van der Waals surface area contributed by atoms with Crippen LogP contribution in [0.2, 0.25) is 0 Å². The maximum absolute atomic E-state index is 10.4. The Labute approximate surface area is 82.0 Å². The van der Waals surface area contributed by atoms with Gasteiger partial charge in [0.2, 0.25) is 0 Å². The van der Waals surface area contributed by atoms with Gasteiger partial charge < -0.3 is 10.5 Å². The number of hydrogen-bond acceptors (Lipinski definition) is 3. The molecule has 1 aliphatic carbocycles. The van der Waals surface area contributed by atoms with E-state index in [1.807, 2.05) is 12.3 Å². The molecule has 4 heteroatoms. The number of hydrogen-bond donors (Lipinski definition) is 2. The monoisotopic (exact) mass is 192 g/mol. The van der Waals surface area contributed by atoms with Crippen LogP contribution in [-0.4, -0.2) is 23.3 Å². The number of aliphatic carboxylic acids is 1. The van der Waals surface area contributed by atoms with Gasteiger partial charge in [0.05, 0.1) is 6.04 Å². The van der Waals surface area contributed by atoms with Crippen LogP contribution in [0.3, 0.4) is 0 Å². The lowest BCUT2D eigenvalue weighted by Gasteiger charge is -2.17. The SMILES string of the molecule is O=C(O)CCC1=CC2NN=CC2C=C1. The molecule has 2 atom stereocenters. The number of nitrogens with zero attached hydrogens (tertiary/aromatic N) is 1. The molecule has 0 radical (unpaired) electrons. The van der Waals surface area contributed by atoms with Crippen LogP contribution in [-0.2, 0) is 4.79 Å². The molecule has 2 unspecified atom stereocenters. The molecule has 0 saturated heterocycles. The number of allylic oxidation sites excluding steroid dienone is 2. The smallest absolute Gasteiger partial charge is 0.303 e. The van der Waals surface area contributed by atoms with E-state index in [2.05, 4.69) is 22.7 Å². The van der Waals surface area contributed by atoms with Gasteiger partial charge in [0.1, 0.15) is 0 Å². The van der Waals surface area contributed by atoms with Crippen molar-refractivity contribution in [2.75, 3.05) is 0 Å². The Hall–Kier alpha value is -1.58. The van der Waals surface area contributed by atoms with Gasteiger partial charge in [0.25, 0.3) is 0 Å². The van der Waals surface area contributed by atoms with Crippen LogP contribution in [0, 0.1) is 5.92 Å². The lowest BCUT2D eigenvalue weighted by Crippen LogP contribution is -2.26. The molecule has 0 aromatic heterocycles. The third-order valence-electron chi connectivity index (χ3n) is 2.44. The molecule has 0 spiro atoms. The van der Waals surface area contributed by atoms with Crippen LogP contribution in [0.5, 0.6) is 0 Å². The Kier molecular flexibility index (Phi) is 2.35. The average Bonchev–Trinajstić information content (AvgIpc) is 2.61. The van der Waals surface area contributed by atoms with Crippen molar-refractivity contribution in [3.05, 3.63) is 23.8 Å². The number of nitrogens with one attached hydrogen (secondary N) is 1. The number of carbonyl (C=O) groups is 1. The number of fused-ring (bicyclic) bond motifs is 1. The zero-order chi connectivity index (χ0) is 9.97. The van der Waals surface area contributed by atoms with E-state index in [-0.39, 0.29) is 12.5 Å². The average molecular weight is 192 g/mol. The third-order valence-corrected chi connectivity index (χ3v) is 2.44. The van der Waals surface area contributed by atoms with Crippen LogP contribution in [0.4, 0.5) is 0 Å². The summed E-state index contributed by atoms with van der Waals surface area (Å²) in [5, 5.41) is 12.5. The van der Waals surface area contributed by atoms with Crippen molar-refractivity contribution in [1.29, 1.82) is 0 Å². The predicted octanol–water partition coefficient (Wildman–Crippen LogP) is 0.921. The van der Waals surface area contributed by atoms with E-state index in [0.717, 1.165) is 5.57 Å². The van der Waals surface area contributed by atoms with Gasteiger partial charge in [-0.1, -0.05) is 18.2 Å². The van der Waals surface area contributed by atoms with Crippen molar-refractivity contribution >= 4 is 12.2 Å². The summed E-state index contributed by atoms with van der Waals surface area (Å²) >= 11 is 0. The first kappa shape index (κ1) is 8.99. The summed E-state index contributed by atoms with van der Waals surface area (Å²) in [6.45, 7) is 0. The van der Waals surface area contributed by atoms with Crippen LogP contribution in [0.15, 0.2) is 28.9 Å². The Bertz CT molecular complexity index is 331. The standard InChI is InChI=1S/C10H12N2O2/c13-10(14)4-2-7-1-3-8-6-11-12-9(8)5-7/h1,3,5-6,8-9,12H,2,4H2,(H,13,14). The first-order chi connectivity index (χ1) is 6.75. The van der Waals surface area contributed by atoms with Gasteiger partial charge in [0.15, 0.2) is 0 Å². The molecular weight excluding hydrogens is 180 g/mol. The first-order valence-electron chi connectivity index (χ1n) is 4.65. The highest BCUT2D eigenvalue weighted by Gasteiger charge is 2.22. The summed E-state index contributed by atoms with van der Waals surface area (Å²) in [5.74, 6) is -0.416. The molecule has 0 aromatic carbocycles. The van der Waals surface area contributed by atoms with Crippen molar-refractivity contribution in [2.24, 2.45) is 11.0 Å². The predicted molar refractivity (Wildman–Crippen MR) is 53.0 cm³/mol. The highest BCUT2D eigenvalue weighted by atomic mass is 16.4. The fourth-order valence-electron chi connectivity index (χ4n) is 1.65. The molecule has 1 heterocycles. The van der Waals surface area contributed by atoms with Crippen molar-refractivity contribution in [1.82, 2.24) is 5.43 Å². The van der Waals surface area contributed by atoms with Gasteiger partial charge in [-0.15, -0.1) is 0 Å². The Balaban J connectivity index is 1.95. The molecular formula is C10H12N2O2. The van der Waals surface area contributed by atoms with Crippen LogP contribution in [0.1, 0.15) is 12.8 Å². The summed E-state index contributed by atoms with van der Waals surface area (Å²) < 4.78 is 0. The summed E-state index contributed by atoms with van der Waals surface area (Å²) in [7, 11) is 0. The minimum Gasteiger partial charge on any atom is -0.481 e. The molecule has 2 aliphatic rings. The molecule has 74 valence electrons. The van der Waals surface area contributed by atoms with Gasteiger partial charge in [0, 0.05) is 18.6 Å². The zero-order valence-corrected chi connectivity index (χ0v) is 7.68. The van der Waals surface area contributed by atoms with E-state index < -0.39 is 5.97 Å². The van der Waals surface area contributed by atoms with E-state index >= 15 is 0 Å². The molecule has 0 aromatic rings. The summed E-state index contributed by atoms with van der Waals surface area (Å²) in [6, 6.07) is 0.226. The van der Waals surface area contributed by atoms with E-state index in [4.69, 9.17) is 5.11 Å². The first-order valence-corrected chi connectivity index (χ1v) is 4.65. The van der Waals surface area contributed by atoms with Crippen molar-refractivity contribution < 1.29 is 9.90 Å². The van der Waals surface area contributed by atoms with Gasteiger partial charge in [-0.2, -0.15) is 5.10 Å². The highest BCUT2D eigenvalue weighted by Crippen LogP contribution is 2.21. The Morgan fingerprint density at radius 3 is 3.29 bits per heavy atom. The molecule has 0 saturated carbocycles. The molecule has 0 bridgehead atoms. The molecule has 0 fully saturated rings. The van der Waals surface area contributed by atoms with Gasteiger partial charge >= 0.3 is 5.97 Å². The van der Waals surface area contributed by atoms with Gasteiger partial charge in [-0.3, -0.25) is 4.79 Å². The van der Waals surface area contributed by atoms with Crippen molar-refractivity contribution in [2.45, 2.75) is 18.9 Å². The fraction of sp³-hybridized carbons (Fsp3) is 0.400. The second kappa shape index (κ2) is 3.65. The maximum Gasteiger partial charge on any atom is 0.303 e. The molecule has 2 rings (SSSR count). The largest absolute Gasteiger partial charge is 0.481 e. The van der Waals surface area contributed by atoms with E-state index in [9.17, 15) is 4.79 Å². The topological polar surface area (TPSA) is 61.7 Å².